The Hall–Kier alpha value is -2.70. The minimum absolute atomic E-state index is 0.108. The van der Waals surface area contributed by atoms with Crippen molar-refractivity contribution in [1.29, 1.82) is 0 Å². The maximum Gasteiger partial charge on any atom is 0.165 e. The van der Waals surface area contributed by atoms with Crippen molar-refractivity contribution in [3.8, 4) is 5.75 Å². The number of hydrogen-bond donors (Lipinski definition) is 1. The number of halogens is 3. The molecule has 0 fully saturated rings. The van der Waals surface area contributed by atoms with E-state index in [0.717, 1.165) is 28.2 Å². The molecule has 2 heterocycles. The maximum atomic E-state index is 15.2. The molecule has 3 nitrogen and oxygen atoms in total. The molecule has 0 aliphatic rings. The van der Waals surface area contributed by atoms with Crippen LogP contribution in [0.2, 0.25) is 21.6 Å². The minimum Gasteiger partial charge on any atom is -0.486 e. The first-order chi connectivity index (χ1) is 17.5. The van der Waals surface area contributed by atoms with E-state index in [4.69, 9.17) is 16.3 Å². The van der Waals surface area contributed by atoms with E-state index < -0.39 is 19.7 Å². The van der Waals surface area contributed by atoms with Gasteiger partial charge in [0.05, 0.1) is 8.07 Å². The van der Waals surface area contributed by atoms with Crippen molar-refractivity contribution < 1.29 is 13.5 Å². The first-order valence-corrected chi connectivity index (χ1v) is 15.5. The SMILES string of the molecule is CC(C)[Si](c1ccnc2[nH]cc(Cc3cc(F)c(OCc4ccc(Cl)cc4)cc3F)c12)(C(C)C)C(C)C. The lowest BCUT2D eigenvalue weighted by Gasteiger charge is -2.44. The van der Waals surface area contributed by atoms with Gasteiger partial charge in [0.15, 0.2) is 11.6 Å². The molecule has 0 amide bonds. The summed E-state index contributed by atoms with van der Waals surface area (Å²) in [5, 5.41) is 3.02. The number of nitrogens with zero attached hydrogens (tertiary/aromatic N) is 1. The number of benzene rings is 2. The number of fused-ring (bicyclic) bond motifs is 1. The Morgan fingerprint density at radius 2 is 1.54 bits per heavy atom. The fourth-order valence-electron chi connectivity index (χ4n) is 6.32. The number of pyridine rings is 1. The molecule has 4 rings (SSSR count). The van der Waals surface area contributed by atoms with Gasteiger partial charge in [-0.2, -0.15) is 0 Å². The summed E-state index contributed by atoms with van der Waals surface area (Å²) in [6.45, 7) is 14.1. The van der Waals surface area contributed by atoms with Crippen molar-refractivity contribution in [3.63, 3.8) is 0 Å². The average molecular weight is 541 g/mol. The normalized spacial score (nSPS) is 12.3. The van der Waals surface area contributed by atoms with Crippen LogP contribution in [0.1, 0.15) is 58.2 Å². The zero-order chi connectivity index (χ0) is 26.9. The number of aromatic nitrogens is 2. The number of rotatable bonds is 9. The van der Waals surface area contributed by atoms with Gasteiger partial charge in [-0.1, -0.05) is 65.3 Å². The molecule has 196 valence electrons. The third-order valence-electron chi connectivity index (χ3n) is 7.78. The van der Waals surface area contributed by atoms with Crippen LogP contribution in [0.15, 0.2) is 54.9 Å². The fraction of sp³-hybridized carbons (Fsp3) is 0.367. The summed E-state index contributed by atoms with van der Waals surface area (Å²) in [7, 11) is -2.02. The molecular formula is C30H35ClF2N2OSi. The lowest BCUT2D eigenvalue weighted by Crippen LogP contribution is -2.56. The summed E-state index contributed by atoms with van der Waals surface area (Å²) < 4.78 is 35.8. The molecule has 1 N–H and O–H groups in total. The second-order valence-corrected chi connectivity index (χ2v) is 17.1. The predicted octanol–water partition coefficient (Wildman–Crippen LogP) is 8.55. The van der Waals surface area contributed by atoms with Crippen molar-refractivity contribution in [2.75, 3.05) is 0 Å². The van der Waals surface area contributed by atoms with E-state index in [1.807, 2.05) is 12.4 Å². The van der Waals surface area contributed by atoms with Crippen molar-refractivity contribution in [2.45, 2.75) is 71.2 Å². The number of hydrogen-bond acceptors (Lipinski definition) is 2. The van der Waals surface area contributed by atoms with Crippen LogP contribution in [0.25, 0.3) is 11.0 Å². The molecule has 0 unspecified atom stereocenters. The number of ether oxygens (including phenoxy) is 1. The molecule has 0 saturated carbocycles. The molecular weight excluding hydrogens is 506 g/mol. The minimum atomic E-state index is -2.02. The zero-order valence-electron chi connectivity index (χ0n) is 22.3. The van der Waals surface area contributed by atoms with E-state index in [-0.39, 0.29) is 24.3 Å². The fourth-order valence-corrected chi connectivity index (χ4v) is 13.4. The molecule has 0 aliphatic carbocycles. The van der Waals surface area contributed by atoms with Gasteiger partial charge in [0.25, 0.3) is 0 Å². The van der Waals surface area contributed by atoms with Crippen LogP contribution in [-0.4, -0.2) is 18.0 Å². The van der Waals surface area contributed by atoms with Crippen molar-refractivity contribution in [3.05, 3.63) is 88.2 Å². The van der Waals surface area contributed by atoms with Crippen LogP contribution in [0, 0.1) is 11.6 Å². The monoisotopic (exact) mass is 540 g/mol. The highest BCUT2D eigenvalue weighted by Crippen LogP contribution is 2.42. The topological polar surface area (TPSA) is 37.9 Å². The van der Waals surface area contributed by atoms with E-state index in [1.54, 1.807) is 24.3 Å². The van der Waals surface area contributed by atoms with E-state index in [0.29, 0.717) is 21.6 Å². The van der Waals surface area contributed by atoms with Crippen LogP contribution in [-0.2, 0) is 13.0 Å². The van der Waals surface area contributed by atoms with Gasteiger partial charge in [-0.3, -0.25) is 0 Å². The van der Waals surface area contributed by atoms with Crippen LogP contribution < -0.4 is 9.92 Å². The van der Waals surface area contributed by atoms with Crippen LogP contribution >= 0.6 is 11.6 Å². The van der Waals surface area contributed by atoms with Crippen LogP contribution in [0.4, 0.5) is 8.78 Å². The Balaban J connectivity index is 1.70. The van der Waals surface area contributed by atoms with Crippen molar-refractivity contribution in [2.24, 2.45) is 0 Å². The number of aromatic amines is 1. The van der Waals surface area contributed by atoms with Gasteiger partial charge in [0.2, 0.25) is 0 Å². The largest absolute Gasteiger partial charge is 0.486 e. The van der Waals surface area contributed by atoms with Crippen molar-refractivity contribution in [1.82, 2.24) is 9.97 Å². The van der Waals surface area contributed by atoms with Gasteiger partial charge >= 0.3 is 0 Å². The number of nitrogens with one attached hydrogen (secondary N) is 1. The van der Waals surface area contributed by atoms with Crippen molar-refractivity contribution >= 4 is 35.9 Å². The third kappa shape index (κ3) is 5.19. The smallest absolute Gasteiger partial charge is 0.165 e. The molecule has 0 bridgehead atoms. The van der Waals surface area contributed by atoms with Gasteiger partial charge in [-0.05, 0) is 62.8 Å². The highest BCUT2D eigenvalue weighted by Gasteiger charge is 2.45. The summed E-state index contributed by atoms with van der Waals surface area (Å²) in [6.07, 6.45) is 4.03. The van der Waals surface area contributed by atoms with E-state index >= 15 is 4.39 Å². The Morgan fingerprint density at radius 1 is 0.892 bits per heavy atom. The highest BCUT2D eigenvalue weighted by atomic mass is 35.5. The van der Waals surface area contributed by atoms with Crippen LogP contribution in [0.3, 0.4) is 0 Å². The lowest BCUT2D eigenvalue weighted by atomic mass is 10.0. The predicted molar refractivity (Wildman–Crippen MR) is 152 cm³/mol. The molecule has 0 aliphatic heterocycles. The third-order valence-corrected chi connectivity index (χ3v) is 15.1. The Morgan fingerprint density at radius 3 is 2.16 bits per heavy atom. The first-order valence-electron chi connectivity index (χ1n) is 12.9. The zero-order valence-corrected chi connectivity index (χ0v) is 24.1. The molecule has 0 spiro atoms. The molecule has 0 radical (unpaired) electrons. The highest BCUT2D eigenvalue weighted by molar-refractivity contribution is 6.96. The second-order valence-electron chi connectivity index (χ2n) is 10.8. The van der Waals surface area contributed by atoms with Gasteiger partial charge in [-0.25, -0.2) is 13.8 Å². The molecule has 2 aromatic carbocycles. The number of H-pyrrole nitrogens is 1. The van der Waals surface area contributed by atoms with Gasteiger partial charge in [-0.15, -0.1) is 0 Å². The maximum absolute atomic E-state index is 15.2. The Kier molecular flexibility index (Phi) is 8.10. The van der Waals surface area contributed by atoms with E-state index in [9.17, 15) is 4.39 Å². The summed E-state index contributed by atoms with van der Waals surface area (Å²) in [6, 6.07) is 11.6. The van der Waals surface area contributed by atoms with E-state index in [1.165, 1.54) is 11.3 Å². The summed E-state index contributed by atoms with van der Waals surface area (Å²) in [5.41, 5.74) is 4.37. The average Bonchev–Trinajstić information content (AvgIpc) is 3.24. The van der Waals surface area contributed by atoms with Gasteiger partial charge < -0.3 is 9.72 Å². The van der Waals surface area contributed by atoms with Crippen LogP contribution in [0.5, 0.6) is 5.75 Å². The van der Waals surface area contributed by atoms with Gasteiger partial charge in [0, 0.05) is 35.3 Å². The first kappa shape index (κ1) is 27.3. The quantitative estimate of drug-likeness (QED) is 0.216. The summed E-state index contributed by atoms with van der Waals surface area (Å²) in [4.78, 5) is 7.87. The second kappa shape index (κ2) is 11.0. The summed E-state index contributed by atoms with van der Waals surface area (Å²) in [5.74, 6) is -1.19. The molecule has 7 heteroatoms. The molecule has 37 heavy (non-hydrogen) atoms. The standard InChI is InChI=1S/C30H35ClF2N2OSi/c1-18(2)37(19(3)4,20(5)6)28-11-12-34-30-29(28)23(16-35-30)13-22-14-26(33)27(15-25(22)32)36-17-21-7-9-24(31)10-8-21/h7-12,14-16,18-20H,13,17H2,1-6H3,(H,34,35). The molecule has 2 aromatic heterocycles. The Labute approximate surface area is 224 Å². The summed E-state index contributed by atoms with van der Waals surface area (Å²) >= 11 is 5.91. The molecule has 0 saturated heterocycles. The van der Waals surface area contributed by atoms with E-state index in [2.05, 4.69) is 57.6 Å². The van der Waals surface area contributed by atoms with Gasteiger partial charge in [0.1, 0.15) is 18.1 Å². The molecule has 4 aromatic rings. The molecule has 0 atom stereocenters. The Bertz CT molecular complexity index is 1360. The lowest BCUT2D eigenvalue weighted by molar-refractivity contribution is 0.288.